The number of anilines is 5. The van der Waals surface area contributed by atoms with Gasteiger partial charge in [0, 0.05) is 119 Å². The van der Waals surface area contributed by atoms with Crippen molar-refractivity contribution in [3.63, 3.8) is 0 Å². The first-order chi connectivity index (χ1) is 53.1. The number of carbonyl (C=O) groups excluding carboxylic acids is 2. The summed E-state index contributed by atoms with van der Waals surface area (Å²) in [6, 6.07) is 21.8. The molecular formula is C72H86ClF3N18O16. The smallest absolute Gasteiger partial charge is 0.287 e. The summed E-state index contributed by atoms with van der Waals surface area (Å²) in [6.45, 7) is 7.48. The number of rotatable bonds is 26. The van der Waals surface area contributed by atoms with Crippen LogP contribution in [0.1, 0.15) is 33.6 Å². The summed E-state index contributed by atoms with van der Waals surface area (Å²) in [5.74, 6) is -0.709. The zero-order chi connectivity index (χ0) is 79.5. The van der Waals surface area contributed by atoms with Crippen molar-refractivity contribution in [2.24, 2.45) is 0 Å². The summed E-state index contributed by atoms with van der Waals surface area (Å²) in [5, 5.41) is 70.3. The van der Waals surface area contributed by atoms with Crippen molar-refractivity contribution in [1.29, 1.82) is 0 Å². The average molecular weight is 1550 g/mol. The molecule has 4 aliphatic rings. The Morgan fingerprint density at radius 2 is 0.982 bits per heavy atom. The van der Waals surface area contributed by atoms with Gasteiger partial charge in [-0.15, -0.1) is 0 Å². The number of fused-ring (bicyclic) bond motifs is 2. The van der Waals surface area contributed by atoms with Gasteiger partial charge in [0.05, 0.1) is 92.3 Å². The Balaban J connectivity index is 0.000000211. The lowest BCUT2D eigenvalue weighted by molar-refractivity contribution is -0.385. The number of aliphatic hydroxyl groups excluding tert-OH is 5. The highest BCUT2D eigenvalue weighted by molar-refractivity contribution is 6.28. The number of nitrogens with two attached hydrogens (primary N) is 1. The second kappa shape index (κ2) is 45.1. The normalized spacial score (nSPS) is 14.3. The number of pyridine rings is 4. The van der Waals surface area contributed by atoms with Crippen molar-refractivity contribution in [1.82, 2.24) is 59.5 Å². The van der Waals surface area contributed by atoms with Crippen LogP contribution in [0.25, 0.3) is 11.1 Å². The van der Waals surface area contributed by atoms with Crippen molar-refractivity contribution in [3.8, 4) is 17.6 Å². The fraction of sp³-hybridized carbons (Fsp3) is 0.361. The topological polar surface area (TPSA) is 446 Å². The summed E-state index contributed by atoms with van der Waals surface area (Å²) in [4.78, 5) is 85.4. The average Bonchev–Trinajstić information content (AvgIpc) is 1.62. The minimum absolute atomic E-state index is 0.00788. The van der Waals surface area contributed by atoms with Gasteiger partial charge in [0.1, 0.15) is 55.7 Å². The van der Waals surface area contributed by atoms with Crippen molar-refractivity contribution in [3.05, 3.63) is 211 Å². The predicted molar refractivity (Wildman–Crippen MR) is 400 cm³/mol. The van der Waals surface area contributed by atoms with Crippen molar-refractivity contribution in [2.75, 3.05) is 168 Å². The van der Waals surface area contributed by atoms with Gasteiger partial charge >= 0.3 is 0 Å². The molecule has 588 valence electrons. The molecule has 2 aliphatic heterocycles. The largest absolute Gasteiger partial charge is 0.475 e. The Morgan fingerprint density at radius 1 is 0.545 bits per heavy atom. The fourth-order valence-corrected chi connectivity index (χ4v) is 11.1. The van der Waals surface area contributed by atoms with Crippen molar-refractivity contribution < 1.29 is 81.8 Å². The van der Waals surface area contributed by atoms with Crippen LogP contribution in [0.4, 0.5) is 53.2 Å². The van der Waals surface area contributed by atoms with Gasteiger partial charge in [0.2, 0.25) is 46.6 Å². The number of allylic oxidation sites excluding steroid dienone is 2. The van der Waals surface area contributed by atoms with Crippen LogP contribution in [0.3, 0.4) is 0 Å². The number of likely N-dealkylation sites (N-methyl/N-ethyl adjacent to an activating group) is 2. The quantitative estimate of drug-likeness (QED) is 0.0144. The lowest BCUT2D eigenvalue weighted by Crippen LogP contribution is -2.54. The van der Waals surface area contributed by atoms with E-state index in [1.54, 1.807) is 38.5 Å². The Morgan fingerprint density at radius 3 is 1.38 bits per heavy atom. The van der Waals surface area contributed by atoms with Crippen LogP contribution in [-0.4, -0.2) is 265 Å². The molecule has 2 atom stereocenters. The summed E-state index contributed by atoms with van der Waals surface area (Å²) in [6.07, 6.45) is 12.1. The van der Waals surface area contributed by atoms with Crippen LogP contribution in [-0.2, 0) is 31.9 Å². The highest BCUT2D eigenvalue weighted by Gasteiger charge is 2.33. The number of aliphatic hydroxyl groups is 5. The van der Waals surface area contributed by atoms with Gasteiger partial charge in [0.15, 0.2) is 11.6 Å². The summed E-state index contributed by atoms with van der Waals surface area (Å²) in [5.41, 5.74) is 12.8. The first-order valence-electron chi connectivity index (χ1n) is 34.2. The van der Waals surface area contributed by atoms with Crippen LogP contribution in [0, 0.1) is 37.8 Å². The van der Waals surface area contributed by atoms with Gasteiger partial charge in [-0.2, -0.15) is 4.39 Å². The summed E-state index contributed by atoms with van der Waals surface area (Å²) >= 11 is 5.88. The van der Waals surface area contributed by atoms with Crippen molar-refractivity contribution >= 4 is 74.6 Å². The molecule has 2 fully saturated rings. The summed E-state index contributed by atoms with van der Waals surface area (Å²) in [7, 11) is 7.36. The molecule has 0 unspecified atom stereocenters. The van der Waals surface area contributed by atoms with E-state index in [4.69, 9.17) is 66.6 Å². The highest BCUT2D eigenvalue weighted by atomic mass is 35.5. The standard InChI is InChI=1S/C29H34FN7O4.C22H25ClFN5O2.C7H8N2O4.C7H10N2O2.C5H3FN2O2.C2H6O2/c1-36-10-12-37(13-11-36)25(18-40-2)28(39)34-24-5-3-4-20-21(24)7-8-22(20)27-23(30)17-32-29(35-27)33-19-6-9-26(31-16-19)41-15-14-38;1-28-8-10-29(11-9-28)19(13-31-2)21(30)26-18-5-3-4-14-15(18)6-7-16(14)20-17(24)12-25-22(23)27-20;10-3-4-13-7-2-1-6(5-8-7)9(11)12;8-6-1-2-7(9-5-6)11-4-3-10;6-5-2-1-4(3-7-5)8(9)10;3-1-2-4/h3-6,8-9,16-17,25,38H,7,10-15,18H2,1-2H3,(H,34,39)(H,32,33,35);3-5,7,12,19H,6,8-11,13H2,1-2H3,(H,26,30);1-2,5,10H,3-4H2;1-2,5,10H,3-4,8H2;1-3H;3-4H,1-2H2/t25-;19-;;;;/m11..../s1. The molecule has 6 aromatic heterocycles. The number of nitrogens with zero attached hydrogens (tertiary/aromatic N) is 14. The van der Waals surface area contributed by atoms with Crippen LogP contribution in [0.5, 0.6) is 17.6 Å². The van der Waals surface area contributed by atoms with E-state index in [9.17, 15) is 38.6 Å². The number of benzene rings is 2. The molecule has 34 nitrogen and oxygen atoms in total. The van der Waals surface area contributed by atoms with E-state index in [2.05, 4.69) is 89.5 Å². The highest BCUT2D eigenvalue weighted by Crippen LogP contribution is 2.39. The number of halogens is 4. The first-order valence-corrected chi connectivity index (χ1v) is 34.5. The van der Waals surface area contributed by atoms with Gasteiger partial charge in [-0.05, 0) is 91.1 Å². The molecule has 8 aromatic rings. The molecule has 38 heteroatoms. The zero-order valence-electron chi connectivity index (χ0n) is 60.6. The zero-order valence-corrected chi connectivity index (χ0v) is 61.3. The molecule has 0 saturated carbocycles. The summed E-state index contributed by atoms with van der Waals surface area (Å²) < 4.78 is 67.3. The van der Waals surface area contributed by atoms with E-state index in [1.165, 1.54) is 24.5 Å². The van der Waals surface area contributed by atoms with Gasteiger partial charge in [0.25, 0.3) is 11.4 Å². The van der Waals surface area contributed by atoms with Gasteiger partial charge in [-0.3, -0.25) is 39.6 Å². The number of aromatic nitrogens is 8. The molecule has 0 bridgehead atoms. The number of nitro groups is 2. The number of piperazine rings is 2. The van der Waals surface area contributed by atoms with E-state index in [0.717, 1.165) is 112 Å². The lowest BCUT2D eigenvalue weighted by Gasteiger charge is -2.36. The van der Waals surface area contributed by atoms with E-state index >= 15 is 4.39 Å². The predicted octanol–water partition coefficient (Wildman–Crippen LogP) is 5.27. The third-order valence-electron chi connectivity index (χ3n) is 16.4. The maximum Gasteiger partial charge on any atom is 0.287 e. The number of carbonyl (C=O) groups is 2. The Bertz CT molecular complexity index is 4310. The van der Waals surface area contributed by atoms with Crippen LogP contribution in [0.15, 0.2) is 134 Å². The maximum absolute atomic E-state index is 15.0. The molecular weight excluding hydrogens is 1470 g/mol. The van der Waals surface area contributed by atoms with Gasteiger partial charge in [-0.1, -0.05) is 36.4 Å². The van der Waals surface area contributed by atoms with E-state index in [1.807, 2.05) is 48.6 Å². The number of methoxy groups -OCH3 is 2. The SMILES string of the molecule is COC[C@H](C(=O)Nc1cccc2c1CC=C2c1nc(Cl)ncc1F)N1CCN(C)CC1.COC[C@H](C(=O)Nc1cccc2c1CC=C2c1nc(Nc2ccc(OCCO)nc2)ncc1F)N1CCN(C)CC1.Nc1ccc(OCCO)nc1.O=[N+]([O-])c1ccc(F)nc1.O=[N+]([O-])c1ccc(OCCO)nc1.OCCO. The van der Waals surface area contributed by atoms with Gasteiger partial charge in [-0.25, -0.2) is 48.7 Å². The molecule has 2 aromatic carbocycles. The Hall–Kier alpha value is -10.9. The first kappa shape index (κ1) is 86.3. The molecule has 2 saturated heterocycles. The second-order valence-corrected chi connectivity index (χ2v) is 24.3. The molecule has 2 amide bonds. The molecule has 2 aliphatic carbocycles. The minimum Gasteiger partial charge on any atom is -0.475 e. The molecule has 110 heavy (non-hydrogen) atoms. The molecule has 0 radical (unpaired) electrons. The van der Waals surface area contributed by atoms with Crippen LogP contribution < -0.4 is 35.9 Å². The van der Waals surface area contributed by atoms with Crippen LogP contribution >= 0.6 is 11.6 Å². The van der Waals surface area contributed by atoms with E-state index < -0.39 is 33.5 Å². The number of hydrogen-bond acceptors (Lipinski definition) is 30. The Labute approximate surface area is 635 Å². The van der Waals surface area contributed by atoms with Crippen molar-refractivity contribution in [2.45, 2.75) is 24.9 Å². The minimum atomic E-state index is -0.717. The second-order valence-electron chi connectivity index (χ2n) is 23.9. The number of nitrogens with one attached hydrogen (secondary N) is 3. The molecule has 12 rings (SSSR count). The lowest BCUT2D eigenvalue weighted by atomic mass is 10.0. The third-order valence-corrected chi connectivity index (χ3v) is 16.6. The fourth-order valence-electron chi connectivity index (χ4n) is 10.9. The van der Waals surface area contributed by atoms with E-state index in [-0.39, 0.29) is 111 Å². The van der Waals surface area contributed by atoms with Gasteiger partial charge < -0.3 is 80.7 Å². The van der Waals surface area contributed by atoms with Crippen LogP contribution in [0.2, 0.25) is 5.28 Å². The monoisotopic (exact) mass is 1550 g/mol. The number of amides is 2. The maximum atomic E-state index is 15.0. The number of ether oxygens (including phenoxy) is 5. The third kappa shape index (κ3) is 26.4. The number of nitrogen functional groups attached to an aromatic ring is 1. The van der Waals surface area contributed by atoms with E-state index in [0.29, 0.717) is 71.7 Å². The molecule has 0 spiro atoms. The molecule has 8 heterocycles. The number of hydrogen-bond donors (Lipinski definition) is 9. The molecule has 10 N–H and O–H groups in total. The Kier molecular flexibility index (Phi) is 35.4.